The zero-order valence-electron chi connectivity index (χ0n) is 12.6. The Balaban J connectivity index is 1.72. The predicted molar refractivity (Wildman–Crippen MR) is 101 cm³/mol. The van der Waals surface area contributed by atoms with E-state index in [2.05, 4.69) is 37.6 Å². The third kappa shape index (κ3) is 3.64. The number of nitrogens with one attached hydrogen (secondary N) is 2. The van der Waals surface area contributed by atoms with Gasteiger partial charge in [0.05, 0.1) is 11.1 Å². The van der Waals surface area contributed by atoms with Crippen LogP contribution in [0, 0.1) is 11.3 Å². The standard InChI is InChI=1S/C16H13BrN4OS2/c17-10-5-9(7-19-8-10)14(22)20-16(23)21-15-12(6-18)11-3-1-2-4-13(11)24-15/h5,7-8H,1-4H2,(H2,20,21,22,23). The highest BCUT2D eigenvalue weighted by Gasteiger charge is 2.21. The van der Waals surface area contributed by atoms with Crippen molar-refractivity contribution in [2.45, 2.75) is 25.7 Å². The number of nitrogens with zero attached hydrogens (tertiary/aromatic N) is 2. The molecule has 0 bridgehead atoms. The molecular weight excluding hydrogens is 408 g/mol. The first-order chi connectivity index (χ1) is 11.6. The molecule has 0 aliphatic heterocycles. The molecule has 0 saturated carbocycles. The van der Waals surface area contributed by atoms with Gasteiger partial charge in [0.1, 0.15) is 11.1 Å². The van der Waals surface area contributed by atoms with Crippen LogP contribution in [0.5, 0.6) is 0 Å². The van der Waals surface area contributed by atoms with Gasteiger partial charge in [-0.3, -0.25) is 15.1 Å². The van der Waals surface area contributed by atoms with Crippen molar-refractivity contribution < 1.29 is 4.79 Å². The summed E-state index contributed by atoms with van der Waals surface area (Å²) in [6.07, 6.45) is 7.25. The number of halogens is 1. The van der Waals surface area contributed by atoms with E-state index >= 15 is 0 Å². The topological polar surface area (TPSA) is 77.8 Å². The number of carbonyl (C=O) groups is 1. The maximum Gasteiger partial charge on any atom is 0.259 e. The molecule has 122 valence electrons. The highest BCUT2D eigenvalue weighted by atomic mass is 79.9. The minimum atomic E-state index is -0.346. The molecule has 0 spiro atoms. The van der Waals surface area contributed by atoms with Gasteiger partial charge in [0, 0.05) is 21.7 Å². The van der Waals surface area contributed by atoms with Crippen LogP contribution in [0.25, 0.3) is 0 Å². The van der Waals surface area contributed by atoms with Crippen LogP contribution in [0.4, 0.5) is 5.00 Å². The normalized spacial score (nSPS) is 12.8. The smallest absolute Gasteiger partial charge is 0.259 e. The fourth-order valence-corrected chi connectivity index (χ4v) is 4.49. The van der Waals surface area contributed by atoms with Gasteiger partial charge in [0.25, 0.3) is 5.91 Å². The number of carbonyl (C=O) groups excluding carboxylic acids is 1. The number of rotatable bonds is 2. The van der Waals surface area contributed by atoms with Crippen LogP contribution in [0.3, 0.4) is 0 Å². The van der Waals surface area contributed by atoms with Crippen LogP contribution >= 0.6 is 39.5 Å². The third-order valence-corrected chi connectivity index (χ3v) is 5.55. The van der Waals surface area contributed by atoms with Crippen LogP contribution in [0.2, 0.25) is 0 Å². The summed E-state index contributed by atoms with van der Waals surface area (Å²) in [5.41, 5.74) is 2.18. The van der Waals surface area contributed by atoms with E-state index in [9.17, 15) is 10.1 Å². The minimum Gasteiger partial charge on any atom is -0.323 e. The van der Waals surface area contributed by atoms with E-state index in [0.29, 0.717) is 20.6 Å². The molecule has 0 saturated heterocycles. The molecule has 3 rings (SSSR count). The summed E-state index contributed by atoms with van der Waals surface area (Å²) in [5.74, 6) is -0.346. The van der Waals surface area contributed by atoms with E-state index in [1.807, 2.05) is 0 Å². The number of thiophene rings is 1. The number of fused-ring (bicyclic) bond motifs is 1. The lowest BCUT2D eigenvalue weighted by molar-refractivity contribution is 0.0977. The van der Waals surface area contributed by atoms with E-state index in [1.54, 1.807) is 23.6 Å². The Hall–Kier alpha value is -1.82. The molecule has 1 aliphatic rings. The van der Waals surface area contributed by atoms with Crippen LogP contribution < -0.4 is 10.6 Å². The van der Waals surface area contributed by atoms with E-state index in [0.717, 1.165) is 31.2 Å². The molecule has 2 N–H and O–H groups in total. The third-order valence-electron chi connectivity index (χ3n) is 3.70. The molecule has 5 nitrogen and oxygen atoms in total. The summed E-state index contributed by atoms with van der Waals surface area (Å²) >= 11 is 10.0. The second-order valence-electron chi connectivity index (χ2n) is 5.33. The van der Waals surface area contributed by atoms with Crippen LogP contribution in [-0.2, 0) is 12.8 Å². The molecule has 0 radical (unpaired) electrons. The number of nitriles is 1. The summed E-state index contributed by atoms with van der Waals surface area (Å²) < 4.78 is 0.715. The van der Waals surface area contributed by atoms with Gasteiger partial charge < -0.3 is 5.32 Å². The first kappa shape index (κ1) is 17.0. The molecular formula is C16H13BrN4OS2. The van der Waals surface area contributed by atoms with Crippen molar-refractivity contribution in [3.05, 3.63) is 44.5 Å². The van der Waals surface area contributed by atoms with Gasteiger partial charge in [0.15, 0.2) is 5.11 Å². The Kier molecular flexibility index (Phi) is 5.23. The van der Waals surface area contributed by atoms with Crippen molar-refractivity contribution in [3.8, 4) is 6.07 Å². The largest absolute Gasteiger partial charge is 0.323 e. The number of anilines is 1. The summed E-state index contributed by atoms with van der Waals surface area (Å²) in [6, 6.07) is 3.92. The molecule has 1 amide bonds. The van der Waals surface area contributed by atoms with E-state index in [1.165, 1.54) is 11.1 Å². The molecule has 0 atom stereocenters. The monoisotopic (exact) mass is 420 g/mol. The molecule has 0 unspecified atom stereocenters. The lowest BCUT2D eigenvalue weighted by Gasteiger charge is -2.10. The fraction of sp³-hybridized carbons (Fsp3) is 0.250. The van der Waals surface area contributed by atoms with Gasteiger partial charge in [0.2, 0.25) is 0 Å². The Morgan fingerprint density at radius 3 is 2.92 bits per heavy atom. The number of aromatic nitrogens is 1. The number of aryl methyl sites for hydroxylation is 1. The molecule has 24 heavy (non-hydrogen) atoms. The average Bonchev–Trinajstić information content (AvgIpc) is 2.91. The number of amides is 1. The fourth-order valence-electron chi connectivity index (χ4n) is 2.62. The van der Waals surface area contributed by atoms with Crippen molar-refractivity contribution in [1.29, 1.82) is 5.26 Å². The van der Waals surface area contributed by atoms with Crippen molar-refractivity contribution in [3.63, 3.8) is 0 Å². The van der Waals surface area contributed by atoms with E-state index < -0.39 is 0 Å². The summed E-state index contributed by atoms with van der Waals surface area (Å²) in [5, 5.41) is 15.9. The van der Waals surface area contributed by atoms with Gasteiger partial charge in [-0.15, -0.1) is 11.3 Å². The van der Waals surface area contributed by atoms with Gasteiger partial charge in [-0.05, 0) is 65.5 Å². The number of pyridine rings is 1. The van der Waals surface area contributed by atoms with E-state index in [4.69, 9.17) is 12.2 Å². The van der Waals surface area contributed by atoms with Crippen LogP contribution in [-0.4, -0.2) is 16.0 Å². The first-order valence-electron chi connectivity index (χ1n) is 7.36. The Labute approximate surface area is 157 Å². The van der Waals surface area contributed by atoms with Gasteiger partial charge in [-0.1, -0.05) is 0 Å². The maximum absolute atomic E-state index is 12.2. The lowest BCUT2D eigenvalue weighted by Crippen LogP contribution is -2.34. The molecule has 0 fully saturated rings. The van der Waals surface area contributed by atoms with Crippen molar-refractivity contribution >= 4 is 55.5 Å². The highest BCUT2D eigenvalue weighted by Crippen LogP contribution is 2.37. The Bertz CT molecular complexity index is 856. The molecule has 2 aromatic rings. The lowest BCUT2D eigenvalue weighted by atomic mass is 9.96. The number of hydrogen-bond donors (Lipinski definition) is 2. The highest BCUT2D eigenvalue weighted by molar-refractivity contribution is 9.10. The summed E-state index contributed by atoms with van der Waals surface area (Å²) in [6.45, 7) is 0. The van der Waals surface area contributed by atoms with Crippen molar-refractivity contribution in [1.82, 2.24) is 10.3 Å². The average molecular weight is 421 g/mol. The van der Waals surface area contributed by atoms with Crippen molar-refractivity contribution in [2.75, 3.05) is 5.32 Å². The zero-order valence-corrected chi connectivity index (χ0v) is 15.8. The summed E-state index contributed by atoms with van der Waals surface area (Å²) in [4.78, 5) is 17.4. The molecule has 0 aromatic carbocycles. The Morgan fingerprint density at radius 2 is 2.17 bits per heavy atom. The number of hydrogen-bond acceptors (Lipinski definition) is 5. The van der Waals surface area contributed by atoms with Crippen LogP contribution in [0.15, 0.2) is 22.9 Å². The molecule has 2 heterocycles. The van der Waals surface area contributed by atoms with Gasteiger partial charge >= 0.3 is 0 Å². The SMILES string of the molecule is N#Cc1c(NC(=S)NC(=O)c2cncc(Br)c2)sc2c1CCCC2. The predicted octanol–water partition coefficient (Wildman–Crippen LogP) is 3.78. The van der Waals surface area contributed by atoms with Crippen LogP contribution in [0.1, 0.15) is 39.2 Å². The van der Waals surface area contributed by atoms with E-state index in [-0.39, 0.29) is 11.0 Å². The molecule has 1 aliphatic carbocycles. The van der Waals surface area contributed by atoms with Gasteiger partial charge in [-0.2, -0.15) is 5.26 Å². The number of thiocarbonyl (C=S) groups is 1. The molecule has 8 heteroatoms. The summed E-state index contributed by atoms with van der Waals surface area (Å²) in [7, 11) is 0. The zero-order chi connectivity index (χ0) is 17.1. The maximum atomic E-state index is 12.2. The van der Waals surface area contributed by atoms with Crippen molar-refractivity contribution in [2.24, 2.45) is 0 Å². The molecule has 2 aromatic heterocycles. The second kappa shape index (κ2) is 7.38. The van der Waals surface area contributed by atoms with Gasteiger partial charge in [-0.25, -0.2) is 0 Å². The second-order valence-corrected chi connectivity index (χ2v) is 7.76. The first-order valence-corrected chi connectivity index (χ1v) is 9.38. The quantitative estimate of drug-likeness (QED) is 0.722. The minimum absolute atomic E-state index is 0.176. The Morgan fingerprint density at radius 1 is 1.38 bits per heavy atom.